The van der Waals surface area contributed by atoms with Gasteiger partial charge in [0.1, 0.15) is 17.6 Å². The zero-order chi connectivity index (χ0) is 27.4. The molecule has 0 bridgehead atoms. The first-order valence-electron chi connectivity index (χ1n) is 13.2. The molecule has 7 nitrogen and oxygen atoms in total. The van der Waals surface area contributed by atoms with Gasteiger partial charge in [0.15, 0.2) is 5.78 Å². The molecule has 2 heterocycles. The fourth-order valence-corrected chi connectivity index (χ4v) is 5.29. The maximum absolute atomic E-state index is 12.5. The van der Waals surface area contributed by atoms with Crippen LogP contribution >= 0.6 is 0 Å². The van der Waals surface area contributed by atoms with Gasteiger partial charge in [-0.2, -0.15) is 0 Å². The van der Waals surface area contributed by atoms with Gasteiger partial charge in [-0.15, -0.1) is 0 Å². The van der Waals surface area contributed by atoms with Crippen molar-refractivity contribution >= 4 is 11.7 Å². The van der Waals surface area contributed by atoms with Gasteiger partial charge in [-0.05, 0) is 54.2 Å². The van der Waals surface area contributed by atoms with Gasteiger partial charge in [0.05, 0.1) is 32.8 Å². The van der Waals surface area contributed by atoms with E-state index in [1.807, 2.05) is 78.9 Å². The third kappa shape index (κ3) is 5.39. The molecule has 1 fully saturated rings. The largest absolute Gasteiger partial charge is 0.497 e. The van der Waals surface area contributed by atoms with E-state index in [9.17, 15) is 14.7 Å². The number of carbonyl (C=O) groups is 2. The summed E-state index contributed by atoms with van der Waals surface area (Å²) < 4.78 is 18.6. The number of ether oxygens (including phenoxy) is 3. The van der Waals surface area contributed by atoms with Crippen LogP contribution in [0, 0.1) is 0 Å². The quantitative estimate of drug-likeness (QED) is 0.321. The number of aliphatic hydroxyl groups excluding tert-OH is 1. The lowest BCUT2D eigenvalue weighted by atomic mass is 9.79. The van der Waals surface area contributed by atoms with Gasteiger partial charge in [-0.1, -0.05) is 66.7 Å². The minimum atomic E-state index is -0.965. The summed E-state index contributed by atoms with van der Waals surface area (Å²) in [7, 11) is 1.64. The second kappa shape index (κ2) is 11.5. The first-order chi connectivity index (χ1) is 18.9. The van der Waals surface area contributed by atoms with E-state index >= 15 is 0 Å². The zero-order valence-corrected chi connectivity index (χ0v) is 22.2. The molecule has 39 heavy (non-hydrogen) atoms. The fraction of sp³-hybridized carbons (Fsp3) is 0.312. The van der Waals surface area contributed by atoms with Crippen molar-refractivity contribution in [3.05, 3.63) is 113 Å². The van der Waals surface area contributed by atoms with Gasteiger partial charge in [0.2, 0.25) is 5.91 Å². The Morgan fingerprint density at radius 2 is 1.56 bits per heavy atom. The number of methoxy groups -OCH3 is 1. The number of nitrogens with zero attached hydrogens (tertiary/aromatic N) is 1. The fourth-order valence-electron chi connectivity index (χ4n) is 5.29. The first kappa shape index (κ1) is 26.8. The van der Waals surface area contributed by atoms with Crippen molar-refractivity contribution < 1.29 is 28.9 Å². The van der Waals surface area contributed by atoms with Crippen LogP contribution in [0.15, 0.2) is 90.6 Å². The molecule has 2 aliphatic rings. The third-order valence-corrected chi connectivity index (χ3v) is 7.47. The Bertz CT molecular complexity index is 1290. The van der Waals surface area contributed by atoms with Crippen LogP contribution < -0.4 is 4.74 Å². The van der Waals surface area contributed by atoms with E-state index in [1.165, 1.54) is 0 Å². The van der Waals surface area contributed by atoms with Crippen molar-refractivity contribution in [1.82, 2.24) is 4.90 Å². The second-order valence-electron chi connectivity index (χ2n) is 9.94. The van der Waals surface area contributed by atoms with Gasteiger partial charge >= 0.3 is 0 Å². The Kier molecular flexibility index (Phi) is 7.93. The van der Waals surface area contributed by atoms with Crippen molar-refractivity contribution in [3.8, 4) is 5.75 Å². The van der Waals surface area contributed by atoms with E-state index in [0.717, 1.165) is 28.0 Å². The number of hydrogen-bond acceptors (Lipinski definition) is 6. The number of carbonyl (C=O) groups excluding carboxylic acids is 2. The summed E-state index contributed by atoms with van der Waals surface area (Å²) in [6.45, 7) is 1.96. The lowest BCUT2D eigenvalue weighted by Gasteiger charge is -2.37. The van der Waals surface area contributed by atoms with E-state index in [4.69, 9.17) is 14.2 Å². The van der Waals surface area contributed by atoms with Crippen LogP contribution in [-0.4, -0.2) is 47.7 Å². The van der Waals surface area contributed by atoms with E-state index in [0.29, 0.717) is 18.4 Å². The summed E-state index contributed by atoms with van der Waals surface area (Å²) >= 11 is 0. The number of Topliss-reactive ketones (excluding diaryl/α,β-unsaturated/α-hetero) is 1. The molecule has 0 saturated carbocycles. The van der Waals surface area contributed by atoms with Crippen LogP contribution in [0.5, 0.6) is 5.75 Å². The van der Waals surface area contributed by atoms with Crippen molar-refractivity contribution in [2.75, 3.05) is 13.7 Å². The third-order valence-electron chi connectivity index (χ3n) is 7.47. The maximum Gasteiger partial charge on any atom is 0.236 e. The zero-order valence-electron chi connectivity index (χ0n) is 22.2. The molecule has 0 radical (unpaired) electrons. The highest BCUT2D eigenvalue weighted by Gasteiger charge is 2.41. The Balaban J connectivity index is 1.48. The standard InChI is InChI=1S/C32H33NO6/c1-22-19-33(30(36)18-29(22)35)31-17-16-28(39-31)21-38-32(24-6-4-3-5-7-24,25-10-8-23(20-34)9-11-25)26-12-14-27(37-2)15-13-26/h3-15,19,28,31,34H,16-18,20-21H2,1-2H3/t28-,31+,32?/m0/s1. The van der Waals surface area contributed by atoms with Crippen LogP contribution in [0.3, 0.4) is 0 Å². The average Bonchev–Trinajstić information content (AvgIpc) is 3.45. The van der Waals surface area contributed by atoms with Gasteiger partial charge in [-0.3, -0.25) is 14.5 Å². The van der Waals surface area contributed by atoms with E-state index < -0.39 is 11.8 Å². The molecule has 7 heteroatoms. The molecule has 1 N–H and O–H groups in total. The van der Waals surface area contributed by atoms with Crippen molar-refractivity contribution in [1.29, 1.82) is 0 Å². The predicted octanol–water partition coefficient (Wildman–Crippen LogP) is 4.71. The molecule has 3 atom stereocenters. The van der Waals surface area contributed by atoms with Gasteiger partial charge in [0, 0.05) is 11.8 Å². The Hall–Kier alpha value is -3.78. The average molecular weight is 528 g/mol. The summed E-state index contributed by atoms with van der Waals surface area (Å²) in [6.07, 6.45) is 2.19. The highest BCUT2D eigenvalue weighted by Crippen LogP contribution is 2.42. The highest BCUT2D eigenvalue weighted by molar-refractivity contribution is 6.09. The number of aliphatic hydroxyl groups is 1. The molecular weight excluding hydrogens is 494 g/mol. The lowest BCUT2D eigenvalue weighted by Crippen LogP contribution is -2.41. The van der Waals surface area contributed by atoms with Crippen molar-refractivity contribution in [2.24, 2.45) is 0 Å². The number of hydrogen-bond donors (Lipinski definition) is 1. The van der Waals surface area contributed by atoms with Crippen LogP contribution in [0.25, 0.3) is 0 Å². The van der Waals surface area contributed by atoms with Gasteiger partial charge < -0.3 is 19.3 Å². The van der Waals surface area contributed by atoms with Crippen LogP contribution in [0.2, 0.25) is 0 Å². The molecule has 1 amide bonds. The summed E-state index contributed by atoms with van der Waals surface area (Å²) in [5.41, 5.74) is 3.19. The van der Waals surface area contributed by atoms with Crippen molar-refractivity contribution in [2.45, 2.75) is 50.7 Å². The molecule has 1 saturated heterocycles. The molecule has 3 aromatic rings. The minimum absolute atomic E-state index is 0.0476. The van der Waals surface area contributed by atoms with E-state index in [1.54, 1.807) is 25.1 Å². The smallest absolute Gasteiger partial charge is 0.236 e. The summed E-state index contributed by atoms with van der Waals surface area (Å²) in [5, 5.41) is 9.64. The Morgan fingerprint density at radius 1 is 0.923 bits per heavy atom. The second-order valence-corrected chi connectivity index (χ2v) is 9.94. The van der Waals surface area contributed by atoms with Gasteiger partial charge in [-0.25, -0.2) is 0 Å². The monoisotopic (exact) mass is 527 g/mol. The number of allylic oxidation sites excluding steroid dienone is 1. The molecule has 3 aromatic carbocycles. The maximum atomic E-state index is 12.5. The van der Waals surface area contributed by atoms with Gasteiger partial charge in [0.25, 0.3) is 0 Å². The number of benzene rings is 3. The van der Waals surface area contributed by atoms with Crippen molar-refractivity contribution in [3.63, 3.8) is 0 Å². The summed E-state index contributed by atoms with van der Waals surface area (Å²) in [4.78, 5) is 26.0. The number of amides is 1. The Labute approximate surface area is 228 Å². The molecule has 2 aliphatic heterocycles. The summed E-state index contributed by atoms with van der Waals surface area (Å²) in [6, 6.07) is 25.6. The van der Waals surface area contributed by atoms with Crippen LogP contribution in [-0.2, 0) is 31.3 Å². The minimum Gasteiger partial charge on any atom is -0.497 e. The molecule has 1 unspecified atom stereocenters. The lowest BCUT2D eigenvalue weighted by molar-refractivity contribution is -0.146. The normalized spacial score (nSPS) is 21.0. The van der Waals surface area contributed by atoms with E-state index in [2.05, 4.69) is 0 Å². The molecule has 0 aromatic heterocycles. The molecule has 5 rings (SSSR count). The van der Waals surface area contributed by atoms with Crippen LogP contribution in [0.4, 0.5) is 0 Å². The number of ketones is 1. The molecule has 0 spiro atoms. The summed E-state index contributed by atoms with van der Waals surface area (Å²) in [5.74, 6) is 0.359. The molecule has 0 aliphatic carbocycles. The number of rotatable bonds is 9. The SMILES string of the molecule is COc1ccc(C(OC[C@@H]2CC[C@H](N3C=C(C)C(=O)CC3=O)O2)(c2ccccc2)c2ccc(CO)cc2)cc1. The molecular formula is C32H33NO6. The van der Waals surface area contributed by atoms with E-state index in [-0.39, 0.29) is 37.4 Å². The molecule has 202 valence electrons. The topological polar surface area (TPSA) is 85.3 Å². The highest BCUT2D eigenvalue weighted by atomic mass is 16.6. The first-order valence-corrected chi connectivity index (χ1v) is 13.2. The predicted molar refractivity (Wildman–Crippen MR) is 146 cm³/mol. The van der Waals surface area contributed by atoms with Crippen LogP contribution in [0.1, 0.15) is 48.4 Å². The Morgan fingerprint density at radius 3 is 2.21 bits per heavy atom.